The molecule has 20 heavy (non-hydrogen) atoms. The molecule has 4 nitrogen and oxygen atoms in total. The minimum atomic E-state index is -4.51. The van der Waals surface area contributed by atoms with Crippen LogP contribution in [0.3, 0.4) is 0 Å². The van der Waals surface area contributed by atoms with E-state index >= 15 is 0 Å². The number of halogens is 3. The normalized spacial score (nSPS) is 17.6. The molecular weight excluding hydrogens is 271 g/mol. The summed E-state index contributed by atoms with van der Waals surface area (Å²) in [6, 6.07) is 4.05. The number of likely N-dealkylation sites (tertiary alicyclic amines) is 1. The number of hydrogen-bond acceptors (Lipinski definition) is 1. The van der Waals surface area contributed by atoms with Crippen LogP contribution in [0.1, 0.15) is 18.4 Å². The molecule has 1 aliphatic heterocycles. The number of aliphatic imine (C=N–C) groups is 1. The van der Waals surface area contributed by atoms with E-state index < -0.39 is 17.8 Å². The molecule has 0 aromatic heterocycles. The van der Waals surface area contributed by atoms with Gasteiger partial charge in [0.15, 0.2) is 0 Å². The number of alkyl halides is 3. The fourth-order valence-electron chi connectivity index (χ4n) is 2.04. The quantitative estimate of drug-likeness (QED) is 0.860. The number of amidine groups is 1. The van der Waals surface area contributed by atoms with Crippen LogP contribution in [-0.2, 0) is 6.18 Å². The van der Waals surface area contributed by atoms with Crippen molar-refractivity contribution in [1.82, 2.24) is 4.90 Å². The fourth-order valence-corrected chi connectivity index (χ4v) is 2.04. The Kier molecular flexibility index (Phi) is 3.96. The van der Waals surface area contributed by atoms with Gasteiger partial charge < -0.3 is 10.2 Å². The van der Waals surface area contributed by atoms with Gasteiger partial charge in [-0.15, -0.1) is 0 Å². The highest BCUT2D eigenvalue weighted by molar-refractivity contribution is 6.00. The standard InChI is InChI=1S/C13H14F3N3O/c1-19-8-4-7-11(19)18-12(20)17-10-6-3-2-5-9(10)13(14,15)16/h2-3,5-6H,4,7-8H2,1H3,(H,17,20). The molecule has 0 bridgehead atoms. The molecule has 1 aromatic rings. The summed E-state index contributed by atoms with van der Waals surface area (Å²) in [4.78, 5) is 17.3. The lowest BCUT2D eigenvalue weighted by atomic mass is 10.1. The van der Waals surface area contributed by atoms with Crippen molar-refractivity contribution >= 4 is 17.6 Å². The van der Waals surface area contributed by atoms with Crippen LogP contribution >= 0.6 is 0 Å². The van der Waals surface area contributed by atoms with E-state index in [1.165, 1.54) is 18.2 Å². The first-order valence-electron chi connectivity index (χ1n) is 6.14. The molecule has 0 saturated carbocycles. The average Bonchev–Trinajstić information content (AvgIpc) is 2.74. The maximum Gasteiger partial charge on any atom is 0.418 e. The number of urea groups is 1. The third kappa shape index (κ3) is 3.28. The molecule has 1 saturated heterocycles. The molecule has 2 amide bonds. The largest absolute Gasteiger partial charge is 0.418 e. The molecule has 0 atom stereocenters. The first-order chi connectivity index (χ1) is 9.38. The summed E-state index contributed by atoms with van der Waals surface area (Å²) in [5.41, 5.74) is -1.16. The Balaban J connectivity index is 2.16. The van der Waals surface area contributed by atoms with E-state index in [9.17, 15) is 18.0 Å². The van der Waals surface area contributed by atoms with Gasteiger partial charge in [0.2, 0.25) is 0 Å². The van der Waals surface area contributed by atoms with Crippen LogP contribution in [0.2, 0.25) is 0 Å². The van der Waals surface area contributed by atoms with Crippen molar-refractivity contribution in [3.63, 3.8) is 0 Å². The monoisotopic (exact) mass is 285 g/mol. The highest BCUT2D eigenvalue weighted by Crippen LogP contribution is 2.34. The van der Waals surface area contributed by atoms with Gasteiger partial charge in [0.1, 0.15) is 5.84 Å². The van der Waals surface area contributed by atoms with Gasteiger partial charge in [0, 0.05) is 20.0 Å². The summed E-state index contributed by atoms with van der Waals surface area (Å²) in [6.45, 7) is 0.797. The van der Waals surface area contributed by atoms with Gasteiger partial charge in [0.25, 0.3) is 0 Å². The SMILES string of the molecule is CN1CCCC1=NC(=O)Nc1ccccc1C(F)(F)F. The molecule has 1 heterocycles. The lowest BCUT2D eigenvalue weighted by Crippen LogP contribution is -2.22. The van der Waals surface area contributed by atoms with Crippen LogP contribution in [0.5, 0.6) is 0 Å². The molecule has 1 fully saturated rings. The van der Waals surface area contributed by atoms with Crippen LogP contribution in [0.25, 0.3) is 0 Å². The number of nitrogens with zero attached hydrogens (tertiary/aromatic N) is 2. The number of rotatable bonds is 1. The Bertz CT molecular complexity index is 540. The number of carbonyl (C=O) groups is 1. The van der Waals surface area contributed by atoms with E-state index in [1.807, 2.05) is 4.90 Å². The molecule has 1 aliphatic rings. The summed E-state index contributed by atoms with van der Waals surface area (Å²) < 4.78 is 38.3. The molecular formula is C13H14F3N3O. The van der Waals surface area contributed by atoms with Crippen molar-refractivity contribution in [2.45, 2.75) is 19.0 Å². The molecule has 108 valence electrons. The number of benzene rings is 1. The zero-order valence-electron chi connectivity index (χ0n) is 10.9. The van der Waals surface area contributed by atoms with Gasteiger partial charge in [-0.25, -0.2) is 4.79 Å². The molecule has 0 unspecified atom stereocenters. The van der Waals surface area contributed by atoms with E-state index in [1.54, 1.807) is 7.05 Å². The van der Waals surface area contributed by atoms with E-state index in [0.29, 0.717) is 12.3 Å². The first-order valence-corrected chi connectivity index (χ1v) is 6.14. The lowest BCUT2D eigenvalue weighted by molar-refractivity contribution is -0.136. The lowest BCUT2D eigenvalue weighted by Gasteiger charge is -2.13. The van der Waals surface area contributed by atoms with Crippen LogP contribution in [0, 0.1) is 0 Å². The van der Waals surface area contributed by atoms with Crippen molar-refractivity contribution < 1.29 is 18.0 Å². The van der Waals surface area contributed by atoms with Gasteiger partial charge in [-0.05, 0) is 18.6 Å². The second kappa shape index (κ2) is 5.52. The summed E-state index contributed by atoms with van der Waals surface area (Å²) in [7, 11) is 1.79. The Labute approximate surface area is 114 Å². The number of hydrogen-bond donors (Lipinski definition) is 1. The second-order valence-electron chi connectivity index (χ2n) is 4.53. The Morgan fingerprint density at radius 1 is 1.35 bits per heavy atom. The van der Waals surface area contributed by atoms with Gasteiger partial charge in [-0.2, -0.15) is 18.2 Å². The number of amides is 2. The molecule has 2 rings (SSSR count). The smallest absolute Gasteiger partial charge is 0.363 e. The minimum Gasteiger partial charge on any atom is -0.363 e. The van der Waals surface area contributed by atoms with Crippen molar-refractivity contribution in [2.75, 3.05) is 18.9 Å². The second-order valence-corrected chi connectivity index (χ2v) is 4.53. The highest BCUT2D eigenvalue weighted by atomic mass is 19.4. The van der Waals surface area contributed by atoms with E-state index in [2.05, 4.69) is 10.3 Å². The van der Waals surface area contributed by atoms with Crippen LogP contribution in [0.4, 0.5) is 23.7 Å². The van der Waals surface area contributed by atoms with Gasteiger partial charge in [-0.3, -0.25) is 0 Å². The molecule has 0 radical (unpaired) electrons. The van der Waals surface area contributed by atoms with Crippen LogP contribution < -0.4 is 5.32 Å². The number of carbonyl (C=O) groups excluding carboxylic acids is 1. The van der Waals surface area contributed by atoms with E-state index in [-0.39, 0.29) is 5.69 Å². The Morgan fingerprint density at radius 3 is 2.65 bits per heavy atom. The minimum absolute atomic E-state index is 0.282. The van der Waals surface area contributed by atoms with Gasteiger partial charge in [0.05, 0.1) is 11.3 Å². The molecule has 7 heteroatoms. The highest BCUT2D eigenvalue weighted by Gasteiger charge is 2.33. The predicted octanol–water partition coefficient (Wildman–Crippen LogP) is 3.36. The van der Waals surface area contributed by atoms with E-state index in [4.69, 9.17) is 0 Å². The van der Waals surface area contributed by atoms with Gasteiger partial charge >= 0.3 is 12.2 Å². The summed E-state index contributed by atoms with van der Waals surface area (Å²) in [5.74, 6) is 0.590. The molecule has 0 aliphatic carbocycles. The fraction of sp³-hybridized carbons (Fsp3) is 0.385. The van der Waals surface area contributed by atoms with Crippen molar-refractivity contribution in [2.24, 2.45) is 4.99 Å². The summed E-state index contributed by atoms with van der Waals surface area (Å²) >= 11 is 0. The van der Waals surface area contributed by atoms with Crippen LogP contribution in [0.15, 0.2) is 29.3 Å². The summed E-state index contributed by atoms with van der Waals surface area (Å²) in [6.07, 6.45) is -2.96. The average molecular weight is 285 g/mol. The number of anilines is 1. The topological polar surface area (TPSA) is 44.7 Å². The molecule has 1 aromatic carbocycles. The Morgan fingerprint density at radius 2 is 2.05 bits per heavy atom. The van der Waals surface area contributed by atoms with Gasteiger partial charge in [-0.1, -0.05) is 12.1 Å². The summed E-state index contributed by atoms with van der Waals surface area (Å²) in [5, 5.41) is 2.19. The van der Waals surface area contributed by atoms with E-state index in [0.717, 1.165) is 19.0 Å². The van der Waals surface area contributed by atoms with Crippen LogP contribution in [-0.4, -0.2) is 30.4 Å². The third-order valence-electron chi connectivity index (χ3n) is 3.04. The Hall–Kier alpha value is -2.05. The zero-order valence-corrected chi connectivity index (χ0v) is 10.9. The molecule has 1 N–H and O–H groups in total. The van der Waals surface area contributed by atoms with Crippen molar-refractivity contribution in [1.29, 1.82) is 0 Å². The number of nitrogens with one attached hydrogen (secondary N) is 1. The first kappa shape index (κ1) is 14.4. The number of para-hydroxylation sites is 1. The molecule has 0 spiro atoms. The maximum atomic E-state index is 12.8. The third-order valence-corrected chi connectivity index (χ3v) is 3.04. The van der Waals surface area contributed by atoms with Crippen molar-refractivity contribution in [3.05, 3.63) is 29.8 Å². The zero-order chi connectivity index (χ0) is 14.8. The van der Waals surface area contributed by atoms with Crippen molar-refractivity contribution in [3.8, 4) is 0 Å². The maximum absolute atomic E-state index is 12.8. The predicted molar refractivity (Wildman–Crippen MR) is 69.8 cm³/mol.